The molecule has 0 heterocycles. The summed E-state index contributed by atoms with van der Waals surface area (Å²) < 4.78 is 0. The van der Waals surface area contributed by atoms with Gasteiger partial charge in [0.1, 0.15) is 0 Å². The van der Waals surface area contributed by atoms with Crippen LogP contribution < -0.4 is 22.1 Å². The highest BCUT2D eigenvalue weighted by atomic mass is 31.1. The molecule has 1 aliphatic carbocycles. The number of benzene rings is 3. The highest BCUT2D eigenvalue weighted by Crippen LogP contribution is 2.36. The Kier molecular flexibility index (Phi) is 7.26. The van der Waals surface area contributed by atoms with Crippen LogP contribution in [0, 0.1) is 0 Å². The first kappa shape index (κ1) is 22.0. The molecule has 4 rings (SSSR count). The molecule has 0 aliphatic heterocycles. The van der Waals surface area contributed by atoms with Crippen molar-refractivity contribution < 1.29 is 0 Å². The number of allylic oxidation sites excluding steroid dienone is 2. The summed E-state index contributed by atoms with van der Waals surface area (Å²) >= 11 is 0. The summed E-state index contributed by atoms with van der Waals surface area (Å²) in [5.41, 5.74) is 17.6. The van der Waals surface area contributed by atoms with E-state index in [0.717, 1.165) is 20.7 Å². The summed E-state index contributed by atoms with van der Waals surface area (Å²) in [6, 6.07) is 29.2. The molecule has 3 aromatic carbocycles. The molecule has 1 unspecified atom stereocenters. The lowest BCUT2D eigenvalue weighted by atomic mass is 9.80. The van der Waals surface area contributed by atoms with Gasteiger partial charge in [0, 0.05) is 11.2 Å². The summed E-state index contributed by atoms with van der Waals surface area (Å²) in [4.78, 5) is 0. The second-order valence-corrected chi connectivity index (χ2v) is 9.55. The fourth-order valence-electron chi connectivity index (χ4n) is 3.95. The maximum atomic E-state index is 6.19. The Hall–Kier alpha value is -2.67. The lowest BCUT2D eigenvalue weighted by molar-refractivity contribution is 0.570. The van der Waals surface area contributed by atoms with E-state index in [2.05, 4.69) is 99.6 Å². The smallest absolute Gasteiger partial charge is 0.0354 e. The molecule has 0 aromatic heterocycles. The third-order valence-electron chi connectivity index (χ3n) is 5.05. The van der Waals surface area contributed by atoms with Crippen LogP contribution in [0.3, 0.4) is 0 Å². The first-order valence-electron chi connectivity index (χ1n) is 10.3. The van der Waals surface area contributed by atoms with Crippen LogP contribution in [0.1, 0.15) is 32.8 Å². The van der Waals surface area contributed by atoms with Crippen LogP contribution in [-0.4, -0.2) is 5.54 Å². The maximum absolute atomic E-state index is 6.19. The minimum atomic E-state index is -0.217. The Bertz CT molecular complexity index is 980. The van der Waals surface area contributed by atoms with Crippen molar-refractivity contribution in [1.29, 1.82) is 0 Å². The number of nitrogens with two attached hydrogens (primary N) is 2. The molecule has 3 aromatic rings. The minimum absolute atomic E-state index is 0.217. The van der Waals surface area contributed by atoms with Gasteiger partial charge < -0.3 is 11.5 Å². The standard InChI is InChI=1S/C15H20N2.C12H11P/c1-10-8-15(3,17)9-11(2)14(10)12-4-6-13(16)7-5-12;1-3-7-11(8-4-1)13-12-9-5-2-6-10-12/h4-8H,9,16-17H2,1-3H3;1-10,13H. The van der Waals surface area contributed by atoms with Gasteiger partial charge in [0.25, 0.3) is 0 Å². The van der Waals surface area contributed by atoms with Gasteiger partial charge in [0.2, 0.25) is 0 Å². The van der Waals surface area contributed by atoms with Gasteiger partial charge in [-0.2, -0.15) is 0 Å². The third kappa shape index (κ3) is 6.16. The molecular weight excluding hydrogens is 383 g/mol. The minimum Gasteiger partial charge on any atom is -0.399 e. The van der Waals surface area contributed by atoms with Gasteiger partial charge in [-0.3, -0.25) is 0 Å². The summed E-state index contributed by atoms with van der Waals surface area (Å²) in [5.74, 6) is 0. The predicted molar refractivity (Wildman–Crippen MR) is 135 cm³/mol. The van der Waals surface area contributed by atoms with Crippen molar-refractivity contribution in [2.24, 2.45) is 5.73 Å². The van der Waals surface area contributed by atoms with Crippen molar-refractivity contribution >= 4 is 30.5 Å². The van der Waals surface area contributed by atoms with E-state index in [4.69, 9.17) is 11.5 Å². The lowest BCUT2D eigenvalue weighted by Crippen LogP contribution is -2.36. The van der Waals surface area contributed by atoms with Crippen molar-refractivity contribution in [3.05, 3.63) is 108 Å². The van der Waals surface area contributed by atoms with E-state index in [1.807, 2.05) is 12.1 Å². The molecule has 0 radical (unpaired) electrons. The van der Waals surface area contributed by atoms with Gasteiger partial charge >= 0.3 is 0 Å². The average Bonchev–Trinajstić information content (AvgIpc) is 2.70. The van der Waals surface area contributed by atoms with E-state index in [0.29, 0.717) is 0 Å². The molecular formula is C27H31N2P. The van der Waals surface area contributed by atoms with E-state index in [1.165, 1.54) is 32.9 Å². The predicted octanol–water partition coefficient (Wildman–Crippen LogP) is 5.43. The molecule has 4 N–H and O–H groups in total. The van der Waals surface area contributed by atoms with Gasteiger partial charge in [-0.25, -0.2) is 0 Å². The molecule has 0 amide bonds. The van der Waals surface area contributed by atoms with Crippen LogP contribution in [-0.2, 0) is 0 Å². The van der Waals surface area contributed by atoms with Crippen molar-refractivity contribution in [1.82, 2.24) is 0 Å². The van der Waals surface area contributed by atoms with Crippen LogP contribution in [0.5, 0.6) is 0 Å². The molecule has 0 saturated heterocycles. The molecule has 0 bridgehead atoms. The zero-order valence-electron chi connectivity index (χ0n) is 18.0. The molecule has 0 saturated carbocycles. The quantitative estimate of drug-likeness (QED) is 0.444. The summed E-state index contributed by atoms with van der Waals surface area (Å²) in [7, 11) is 0.777. The highest BCUT2D eigenvalue weighted by Gasteiger charge is 2.24. The zero-order chi connectivity index (χ0) is 21.6. The summed E-state index contributed by atoms with van der Waals surface area (Å²) in [6.07, 6.45) is 3.07. The fourth-order valence-corrected chi connectivity index (χ4v) is 5.00. The summed E-state index contributed by atoms with van der Waals surface area (Å²) in [5, 5.41) is 2.79. The second-order valence-electron chi connectivity index (χ2n) is 8.14. The number of nitrogen functional groups attached to an aromatic ring is 1. The van der Waals surface area contributed by atoms with Crippen LogP contribution in [0.25, 0.3) is 5.57 Å². The summed E-state index contributed by atoms with van der Waals surface area (Å²) in [6.45, 7) is 6.35. The second kappa shape index (κ2) is 9.89. The lowest BCUT2D eigenvalue weighted by Gasteiger charge is -2.29. The monoisotopic (exact) mass is 414 g/mol. The Morgan fingerprint density at radius 1 is 0.767 bits per heavy atom. The van der Waals surface area contributed by atoms with E-state index >= 15 is 0 Å². The number of rotatable bonds is 3. The third-order valence-corrected chi connectivity index (χ3v) is 6.29. The SMILES string of the molecule is CC1=CC(C)(N)CC(C)=C1c1ccc(N)cc1.c1ccc(Pc2ccccc2)cc1. The van der Waals surface area contributed by atoms with E-state index in [9.17, 15) is 0 Å². The average molecular weight is 415 g/mol. The molecule has 2 nitrogen and oxygen atoms in total. The Morgan fingerprint density at radius 3 is 1.73 bits per heavy atom. The van der Waals surface area contributed by atoms with Crippen LogP contribution in [0.4, 0.5) is 5.69 Å². The van der Waals surface area contributed by atoms with E-state index < -0.39 is 0 Å². The van der Waals surface area contributed by atoms with Crippen LogP contribution in [0.2, 0.25) is 0 Å². The van der Waals surface area contributed by atoms with Gasteiger partial charge in [0.05, 0.1) is 0 Å². The van der Waals surface area contributed by atoms with Gasteiger partial charge in [-0.15, -0.1) is 0 Å². The van der Waals surface area contributed by atoms with Crippen molar-refractivity contribution in [2.75, 3.05) is 5.73 Å². The fraction of sp³-hybridized carbons (Fsp3) is 0.185. The largest absolute Gasteiger partial charge is 0.399 e. The normalized spacial score (nSPS) is 18.3. The van der Waals surface area contributed by atoms with Gasteiger partial charge in [0.15, 0.2) is 0 Å². The Labute approximate surface area is 182 Å². The molecule has 30 heavy (non-hydrogen) atoms. The van der Waals surface area contributed by atoms with Crippen molar-refractivity contribution in [2.45, 2.75) is 32.7 Å². The Balaban J connectivity index is 0.000000177. The van der Waals surface area contributed by atoms with Crippen molar-refractivity contribution in [3.63, 3.8) is 0 Å². The first-order valence-corrected chi connectivity index (χ1v) is 11.3. The first-order chi connectivity index (χ1) is 14.3. The maximum Gasteiger partial charge on any atom is 0.0354 e. The van der Waals surface area contributed by atoms with E-state index in [-0.39, 0.29) is 5.54 Å². The molecule has 154 valence electrons. The molecule has 3 heteroatoms. The number of hydrogen-bond acceptors (Lipinski definition) is 2. The Morgan fingerprint density at radius 2 is 1.27 bits per heavy atom. The van der Waals surface area contributed by atoms with Crippen LogP contribution in [0.15, 0.2) is 102 Å². The zero-order valence-corrected chi connectivity index (χ0v) is 19.0. The van der Waals surface area contributed by atoms with E-state index in [1.54, 1.807) is 0 Å². The van der Waals surface area contributed by atoms with Gasteiger partial charge in [-0.1, -0.05) is 93.0 Å². The molecule has 1 atom stereocenters. The topological polar surface area (TPSA) is 52.0 Å². The van der Waals surface area contributed by atoms with Crippen LogP contribution >= 0.6 is 8.58 Å². The van der Waals surface area contributed by atoms with Crippen molar-refractivity contribution in [3.8, 4) is 0 Å². The molecule has 0 fully saturated rings. The molecule has 0 spiro atoms. The number of hydrogen-bond donors (Lipinski definition) is 2. The molecule has 1 aliphatic rings. The number of anilines is 1. The van der Waals surface area contributed by atoms with Gasteiger partial charge in [-0.05, 0) is 66.6 Å². The highest BCUT2D eigenvalue weighted by molar-refractivity contribution is 7.55.